The SMILES string of the molecule is O=C(NCCOCCO)c1ccc(Br)nc1. The van der Waals surface area contributed by atoms with Crippen molar-refractivity contribution in [2.45, 2.75) is 0 Å². The van der Waals surface area contributed by atoms with Crippen molar-refractivity contribution in [1.29, 1.82) is 0 Å². The second-order valence-electron chi connectivity index (χ2n) is 2.96. The molecule has 1 rings (SSSR count). The molecule has 0 spiro atoms. The number of aromatic nitrogens is 1. The number of carbonyl (C=O) groups is 1. The van der Waals surface area contributed by atoms with Gasteiger partial charge in [0.2, 0.25) is 0 Å². The zero-order valence-corrected chi connectivity index (χ0v) is 10.2. The fourth-order valence-electron chi connectivity index (χ4n) is 1.02. The average molecular weight is 289 g/mol. The summed E-state index contributed by atoms with van der Waals surface area (Å²) in [5.74, 6) is -0.187. The van der Waals surface area contributed by atoms with Crippen LogP contribution in [-0.4, -0.2) is 42.4 Å². The van der Waals surface area contributed by atoms with Gasteiger partial charge in [-0.3, -0.25) is 4.79 Å². The molecule has 0 radical (unpaired) electrons. The molecule has 0 fully saturated rings. The predicted molar refractivity (Wildman–Crippen MR) is 62.2 cm³/mol. The van der Waals surface area contributed by atoms with E-state index in [0.29, 0.717) is 23.3 Å². The number of hydrogen-bond donors (Lipinski definition) is 2. The summed E-state index contributed by atoms with van der Waals surface area (Å²) in [6, 6.07) is 3.39. The van der Waals surface area contributed by atoms with Gasteiger partial charge in [-0.2, -0.15) is 0 Å². The second kappa shape index (κ2) is 7.32. The van der Waals surface area contributed by atoms with Crippen molar-refractivity contribution in [3.05, 3.63) is 28.5 Å². The van der Waals surface area contributed by atoms with Crippen LogP contribution in [0.5, 0.6) is 0 Å². The van der Waals surface area contributed by atoms with E-state index in [1.165, 1.54) is 6.20 Å². The molecule has 0 saturated carbocycles. The number of ether oxygens (including phenoxy) is 1. The molecule has 6 heteroatoms. The van der Waals surface area contributed by atoms with Gasteiger partial charge in [-0.1, -0.05) is 0 Å². The quantitative estimate of drug-likeness (QED) is 0.593. The van der Waals surface area contributed by atoms with Crippen molar-refractivity contribution in [1.82, 2.24) is 10.3 Å². The lowest BCUT2D eigenvalue weighted by molar-refractivity contribution is 0.0838. The van der Waals surface area contributed by atoms with Crippen molar-refractivity contribution >= 4 is 21.8 Å². The highest BCUT2D eigenvalue weighted by atomic mass is 79.9. The van der Waals surface area contributed by atoms with Gasteiger partial charge in [0.05, 0.1) is 25.4 Å². The summed E-state index contributed by atoms with van der Waals surface area (Å²) < 4.78 is 5.69. The number of halogens is 1. The fourth-order valence-corrected chi connectivity index (χ4v) is 1.25. The molecule has 88 valence electrons. The maximum atomic E-state index is 11.5. The monoisotopic (exact) mass is 288 g/mol. The van der Waals surface area contributed by atoms with Gasteiger partial charge in [0, 0.05) is 12.7 Å². The molecule has 0 aliphatic heterocycles. The number of amides is 1. The molecule has 2 N–H and O–H groups in total. The minimum Gasteiger partial charge on any atom is -0.394 e. The number of pyridine rings is 1. The van der Waals surface area contributed by atoms with E-state index < -0.39 is 0 Å². The lowest BCUT2D eigenvalue weighted by Crippen LogP contribution is -2.27. The van der Waals surface area contributed by atoms with Gasteiger partial charge < -0.3 is 15.2 Å². The number of nitrogens with zero attached hydrogens (tertiary/aromatic N) is 1. The number of aliphatic hydroxyl groups excluding tert-OH is 1. The first-order valence-electron chi connectivity index (χ1n) is 4.82. The van der Waals surface area contributed by atoms with Crippen LogP contribution in [0.3, 0.4) is 0 Å². The van der Waals surface area contributed by atoms with Crippen LogP contribution in [0.15, 0.2) is 22.9 Å². The van der Waals surface area contributed by atoms with E-state index >= 15 is 0 Å². The van der Waals surface area contributed by atoms with Crippen LogP contribution in [0.2, 0.25) is 0 Å². The third-order valence-corrected chi connectivity index (χ3v) is 2.23. The van der Waals surface area contributed by atoms with Crippen molar-refractivity contribution < 1.29 is 14.6 Å². The van der Waals surface area contributed by atoms with Gasteiger partial charge in [-0.25, -0.2) is 4.98 Å². The average Bonchev–Trinajstić information content (AvgIpc) is 2.29. The third kappa shape index (κ3) is 4.69. The Labute approximate surface area is 102 Å². The summed E-state index contributed by atoms with van der Waals surface area (Å²) in [6.45, 7) is 1.07. The fraction of sp³-hybridized carbons (Fsp3) is 0.400. The normalized spacial score (nSPS) is 10.1. The highest BCUT2D eigenvalue weighted by Gasteiger charge is 2.04. The summed E-state index contributed by atoms with van der Waals surface area (Å²) in [6.07, 6.45) is 1.49. The van der Waals surface area contributed by atoms with Crippen molar-refractivity contribution in [2.75, 3.05) is 26.4 Å². The zero-order valence-electron chi connectivity index (χ0n) is 8.65. The van der Waals surface area contributed by atoms with Crippen LogP contribution in [-0.2, 0) is 4.74 Å². The Balaban J connectivity index is 2.27. The highest BCUT2D eigenvalue weighted by molar-refractivity contribution is 9.10. The molecule has 1 heterocycles. The minimum atomic E-state index is -0.187. The van der Waals surface area contributed by atoms with Gasteiger partial charge in [0.1, 0.15) is 4.60 Å². The van der Waals surface area contributed by atoms with E-state index in [4.69, 9.17) is 9.84 Å². The number of hydrogen-bond acceptors (Lipinski definition) is 4. The van der Waals surface area contributed by atoms with Crippen molar-refractivity contribution in [3.63, 3.8) is 0 Å². The molecule has 0 aliphatic rings. The van der Waals surface area contributed by atoms with Crippen LogP contribution in [0.4, 0.5) is 0 Å². The number of rotatable bonds is 6. The standard InChI is InChI=1S/C10H13BrN2O3/c11-9-2-1-8(7-13-9)10(15)12-3-5-16-6-4-14/h1-2,7,14H,3-6H2,(H,12,15). The van der Waals surface area contributed by atoms with Crippen LogP contribution >= 0.6 is 15.9 Å². The van der Waals surface area contributed by atoms with E-state index in [1.54, 1.807) is 12.1 Å². The molecular formula is C10H13BrN2O3. The van der Waals surface area contributed by atoms with Crippen molar-refractivity contribution in [2.24, 2.45) is 0 Å². The molecule has 1 aromatic rings. The molecule has 0 unspecified atom stereocenters. The van der Waals surface area contributed by atoms with E-state index in [1.807, 2.05) is 0 Å². The Morgan fingerprint density at radius 3 is 2.94 bits per heavy atom. The Morgan fingerprint density at radius 2 is 2.31 bits per heavy atom. The lowest BCUT2D eigenvalue weighted by atomic mass is 10.3. The smallest absolute Gasteiger partial charge is 0.252 e. The Morgan fingerprint density at radius 1 is 1.50 bits per heavy atom. The molecule has 0 aliphatic carbocycles. The molecular weight excluding hydrogens is 276 g/mol. The summed E-state index contributed by atoms with van der Waals surface area (Å²) in [5.41, 5.74) is 0.505. The molecule has 0 aromatic carbocycles. The van der Waals surface area contributed by atoms with Gasteiger partial charge in [-0.05, 0) is 28.1 Å². The molecule has 0 atom stereocenters. The minimum absolute atomic E-state index is 0.00935. The Kier molecular flexibility index (Phi) is 5.99. The number of aliphatic hydroxyl groups is 1. The topological polar surface area (TPSA) is 71.5 Å². The zero-order chi connectivity index (χ0) is 11.8. The third-order valence-electron chi connectivity index (χ3n) is 1.76. The summed E-state index contributed by atoms with van der Waals surface area (Å²) in [4.78, 5) is 15.5. The van der Waals surface area contributed by atoms with E-state index in [2.05, 4.69) is 26.2 Å². The van der Waals surface area contributed by atoms with Crippen LogP contribution in [0, 0.1) is 0 Å². The molecule has 5 nitrogen and oxygen atoms in total. The van der Waals surface area contributed by atoms with E-state index in [9.17, 15) is 4.79 Å². The first-order chi connectivity index (χ1) is 7.74. The maximum absolute atomic E-state index is 11.5. The lowest BCUT2D eigenvalue weighted by Gasteiger charge is -2.05. The summed E-state index contributed by atoms with van der Waals surface area (Å²) >= 11 is 3.19. The molecule has 1 amide bonds. The number of carbonyl (C=O) groups excluding carboxylic acids is 1. The van der Waals surface area contributed by atoms with Gasteiger partial charge >= 0.3 is 0 Å². The Bertz CT molecular complexity index is 329. The highest BCUT2D eigenvalue weighted by Crippen LogP contribution is 2.05. The molecule has 0 bridgehead atoms. The number of nitrogens with one attached hydrogen (secondary N) is 1. The van der Waals surface area contributed by atoms with Gasteiger partial charge in [-0.15, -0.1) is 0 Å². The summed E-state index contributed by atoms with van der Waals surface area (Å²) in [7, 11) is 0. The second-order valence-corrected chi connectivity index (χ2v) is 3.77. The molecule has 16 heavy (non-hydrogen) atoms. The van der Waals surface area contributed by atoms with Gasteiger partial charge in [0.25, 0.3) is 5.91 Å². The molecule has 1 aromatic heterocycles. The van der Waals surface area contributed by atoms with E-state index in [-0.39, 0.29) is 19.1 Å². The van der Waals surface area contributed by atoms with Crippen LogP contribution in [0.1, 0.15) is 10.4 Å². The Hall–Kier alpha value is -0.980. The predicted octanol–water partition coefficient (Wildman–Crippen LogP) is 0.583. The largest absolute Gasteiger partial charge is 0.394 e. The van der Waals surface area contributed by atoms with Crippen LogP contribution in [0.25, 0.3) is 0 Å². The summed E-state index contributed by atoms with van der Waals surface area (Å²) in [5, 5.41) is 11.1. The maximum Gasteiger partial charge on any atom is 0.252 e. The molecule has 0 saturated heterocycles. The van der Waals surface area contributed by atoms with Gasteiger partial charge in [0.15, 0.2) is 0 Å². The first kappa shape index (κ1) is 13.1. The van der Waals surface area contributed by atoms with Crippen molar-refractivity contribution in [3.8, 4) is 0 Å². The van der Waals surface area contributed by atoms with Crippen LogP contribution < -0.4 is 5.32 Å². The first-order valence-corrected chi connectivity index (χ1v) is 5.61. The van der Waals surface area contributed by atoms with E-state index in [0.717, 1.165) is 0 Å².